The number of aliphatic hydroxyl groups excluding tert-OH is 6. The third-order valence-corrected chi connectivity index (χ3v) is 6.90. The van der Waals surface area contributed by atoms with E-state index in [9.17, 15) is 30.6 Å². The second kappa shape index (κ2) is 10.6. The van der Waals surface area contributed by atoms with Crippen LogP contribution in [0.1, 0.15) is 18.4 Å². The summed E-state index contributed by atoms with van der Waals surface area (Å²) in [6, 6.07) is 16.8. The van der Waals surface area contributed by atoms with Crippen LogP contribution in [0, 0.1) is 0 Å². The summed E-state index contributed by atoms with van der Waals surface area (Å²) in [7, 11) is 0. The summed E-state index contributed by atoms with van der Waals surface area (Å²) in [5.74, 6) is 0. The van der Waals surface area contributed by atoms with Crippen LogP contribution in [0.25, 0.3) is 11.1 Å². The predicted molar refractivity (Wildman–Crippen MR) is 123 cm³/mol. The van der Waals surface area contributed by atoms with Crippen LogP contribution >= 0.6 is 0 Å². The molecule has 0 amide bonds. The molecule has 8 nitrogen and oxygen atoms in total. The van der Waals surface area contributed by atoms with E-state index in [1.807, 2.05) is 54.6 Å². The topological polar surface area (TPSA) is 128 Å². The van der Waals surface area contributed by atoms with Crippen molar-refractivity contribution in [3.8, 4) is 11.1 Å². The van der Waals surface area contributed by atoms with Crippen LogP contribution < -0.4 is 0 Å². The molecule has 7 atom stereocenters. The number of β-amino-alcohol motifs (C(OH)–C–C–N with tert-alkyl or cyclic N) is 1. The highest BCUT2D eigenvalue weighted by atomic mass is 16.4. The van der Waals surface area contributed by atoms with E-state index in [1.165, 1.54) is 0 Å². The molecule has 33 heavy (non-hydrogen) atoms. The van der Waals surface area contributed by atoms with Gasteiger partial charge in [0.1, 0.15) is 24.5 Å². The normalized spacial score (nSPS) is 28.0. The second-order valence-corrected chi connectivity index (χ2v) is 9.17. The van der Waals surface area contributed by atoms with E-state index in [-0.39, 0.29) is 6.54 Å². The molecule has 0 saturated carbocycles. The third-order valence-electron chi connectivity index (χ3n) is 6.90. The Morgan fingerprint density at radius 1 is 0.788 bits per heavy atom. The summed E-state index contributed by atoms with van der Waals surface area (Å²) in [5, 5.41) is 63.1. The molecule has 0 aliphatic carbocycles. The molecule has 8 heteroatoms. The van der Waals surface area contributed by atoms with Gasteiger partial charge in [-0.1, -0.05) is 54.6 Å². The summed E-state index contributed by atoms with van der Waals surface area (Å²) in [6.07, 6.45) is -6.76. The molecule has 2 fully saturated rings. The first-order valence-electron chi connectivity index (χ1n) is 11.6. The minimum absolute atomic E-state index is 0.112. The van der Waals surface area contributed by atoms with Crippen molar-refractivity contribution in [2.45, 2.75) is 62.2 Å². The van der Waals surface area contributed by atoms with E-state index in [0.29, 0.717) is 19.6 Å². The highest BCUT2D eigenvalue weighted by Crippen LogP contribution is 2.28. The molecule has 1 unspecified atom stereocenters. The highest BCUT2D eigenvalue weighted by Gasteiger charge is 2.48. The van der Waals surface area contributed by atoms with Crippen LogP contribution in [-0.4, -0.2) is 103 Å². The maximum absolute atomic E-state index is 10.9. The zero-order valence-electron chi connectivity index (χ0n) is 18.6. The number of rotatable bonds is 8. The summed E-state index contributed by atoms with van der Waals surface area (Å²) in [6.45, 7) is 1.66. The lowest BCUT2D eigenvalue weighted by Gasteiger charge is -2.37. The molecule has 0 spiro atoms. The maximum atomic E-state index is 10.9. The number of likely N-dealkylation sites (tertiary alicyclic amines) is 2. The maximum Gasteiger partial charge on any atom is 0.136 e. The summed E-state index contributed by atoms with van der Waals surface area (Å²) < 4.78 is 0. The van der Waals surface area contributed by atoms with Gasteiger partial charge in [-0.2, -0.15) is 0 Å². The Morgan fingerprint density at radius 2 is 1.39 bits per heavy atom. The fourth-order valence-corrected chi connectivity index (χ4v) is 4.97. The zero-order chi connectivity index (χ0) is 23.5. The van der Waals surface area contributed by atoms with Gasteiger partial charge >= 0.3 is 0 Å². The molecule has 6 N–H and O–H groups in total. The number of benzene rings is 2. The van der Waals surface area contributed by atoms with E-state index in [1.54, 1.807) is 9.80 Å². The molecule has 2 aliphatic rings. The van der Waals surface area contributed by atoms with Gasteiger partial charge in [0.25, 0.3) is 0 Å². The molecule has 2 saturated heterocycles. The molecule has 0 aromatic heterocycles. The van der Waals surface area contributed by atoms with Gasteiger partial charge in [-0.25, -0.2) is 0 Å². The van der Waals surface area contributed by atoms with E-state index < -0.39 is 42.8 Å². The minimum atomic E-state index is -1.69. The standard InChI is InChI=1S/C25H34N2O6/c28-19-15-27(14-16-8-10-18(11-9-16)17-6-2-1-3-7-17)20(21(19)29)22(30)23(31)24(32)25(33)26-12-4-5-13-26/h1-3,6-11,19-25,28-33H,4-5,12-15H2/t19-,20+,21-,22?,23+,24-,25+/m0/s1. The number of nitrogens with zero attached hydrogens (tertiary/aromatic N) is 2. The first kappa shape index (κ1) is 24.3. The SMILES string of the molecule is OC([C@@H](O)[C@H](O)[C@@H](O)N1CCCC1)[C@H]1[C@@H](O)[C@@H](O)CN1Cc1ccc(-c2ccccc2)cc1. The lowest BCUT2D eigenvalue weighted by Crippen LogP contribution is -2.57. The van der Waals surface area contributed by atoms with Gasteiger partial charge in [0, 0.05) is 26.2 Å². The van der Waals surface area contributed by atoms with Crippen molar-refractivity contribution in [3.63, 3.8) is 0 Å². The van der Waals surface area contributed by atoms with Gasteiger partial charge in [-0.3, -0.25) is 9.80 Å². The van der Waals surface area contributed by atoms with Gasteiger partial charge in [-0.05, 0) is 29.5 Å². The van der Waals surface area contributed by atoms with Crippen LogP contribution in [0.2, 0.25) is 0 Å². The van der Waals surface area contributed by atoms with E-state index in [0.717, 1.165) is 29.5 Å². The molecule has 180 valence electrons. The van der Waals surface area contributed by atoms with E-state index in [2.05, 4.69) is 0 Å². The van der Waals surface area contributed by atoms with E-state index >= 15 is 0 Å². The first-order chi connectivity index (χ1) is 15.9. The Bertz CT molecular complexity index is 876. The fraction of sp³-hybridized carbons (Fsp3) is 0.520. The largest absolute Gasteiger partial charge is 0.389 e. The second-order valence-electron chi connectivity index (χ2n) is 9.17. The van der Waals surface area contributed by atoms with Crippen molar-refractivity contribution < 1.29 is 30.6 Å². The van der Waals surface area contributed by atoms with Crippen LogP contribution in [0.4, 0.5) is 0 Å². The van der Waals surface area contributed by atoms with Crippen molar-refractivity contribution in [2.75, 3.05) is 19.6 Å². The van der Waals surface area contributed by atoms with Crippen molar-refractivity contribution >= 4 is 0 Å². The first-order valence-corrected chi connectivity index (χ1v) is 11.6. The highest BCUT2D eigenvalue weighted by molar-refractivity contribution is 5.63. The minimum Gasteiger partial charge on any atom is -0.389 e. The van der Waals surface area contributed by atoms with Crippen molar-refractivity contribution in [2.24, 2.45) is 0 Å². The molecule has 2 aromatic carbocycles. The Labute approximate surface area is 194 Å². The van der Waals surface area contributed by atoms with Crippen LogP contribution in [0.3, 0.4) is 0 Å². The molecule has 2 aliphatic heterocycles. The van der Waals surface area contributed by atoms with Crippen molar-refractivity contribution in [1.82, 2.24) is 9.80 Å². The van der Waals surface area contributed by atoms with Gasteiger partial charge in [0.15, 0.2) is 0 Å². The van der Waals surface area contributed by atoms with Crippen molar-refractivity contribution in [3.05, 3.63) is 60.2 Å². The smallest absolute Gasteiger partial charge is 0.136 e. The molecule has 2 heterocycles. The van der Waals surface area contributed by atoms with Crippen LogP contribution in [0.15, 0.2) is 54.6 Å². The van der Waals surface area contributed by atoms with E-state index in [4.69, 9.17) is 0 Å². The van der Waals surface area contributed by atoms with Gasteiger partial charge in [0.2, 0.25) is 0 Å². The number of hydrogen-bond acceptors (Lipinski definition) is 8. The summed E-state index contributed by atoms with van der Waals surface area (Å²) in [4.78, 5) is 3.36. The lowest BCUT2D eigenvalue weighted by atomic mass is 9.95. The Kier molecular flexibility index (Phi) is 7.78. The lowest BCUT2D eigenvalue weighted by molar-refractivity contribution is -0.162. The monoisotopic (exact) mass is 458 g/mol. The number of hydrogen-bond donors (Lipinski definition) is 6. The quantitative estimate of drug-likeness (QED) is 0.320. The van der Waals surface area contributed by atoms with Gasteiger partial charge in [0.05, 0.1) is 18.2 Å². The zero-order valence-corrected chi connectivity index (χ0v) is 18.6. The molecular weight excluding hydrogens is 424 g/mol. The number of aliphatic hydroxyl groups is 6. The molecule has 0 radical (unpaired) electrons. The van der Waals surface area contributed by atoms with Gasteiger partial charge < -0.3 is 30.6 Å². The Balaban J connectivity index is 1.45. The van der Waals surface area contributed by atoms with Crippen LogP contribution in [0.5, 0.6) is 0 Å². The predicted octanol–water partition coefficient (Wildman–Crippen LogP) is -0.243. The fourth-order valence-electron chi connectivity index (χ4n) is 4.97. The average Bonchev–Trinajstić information content (AvgIpc) is 3.47. The Hall–Kier alpha value is -1.88. The molecule has 0 bridgehead atoms. The van der Waals surface area contributed by atoms with Gasteiger partial charge in [-0.15, -0.1) is 0 Å². The Morgan fingerprint density at radius 3 is 2.03 bits per heavy atom. The molecular formula is C25H34N2O6. The summed E-state index contributed by atoms with van der Waals surface area (Å²) in [5.41, 5.74) is 3.07. The molecule has 2 aromatic rings. The van der Waals surface area contributed by atoms with Crippen molar-refractivity contribution in [1.29, 1.82) is 0 Å². The summed E-state index contributed by atoms with van der Waals surface area (Å²) >= 11 is 0. The molecule has 4 rings (SSSR count). The van der Waals surface area contributed by atoms with Crippen LogP contribution in [-0.2, 0) is 6.54 Å². The third kappa shape index (κ3) is 5.29. The average molecular weight is 459 g/mol.